The van der Waals surface area contributed by atoms with Gasteiger partial charge in [-0.2, -0.15) is 15.0 Å². The maximum absolute atomic E-state index is 5.99. The summed E-state index contributed by atoms with van der Waals surface area (Å²) in [6.45, 7) is 8.15. The van der Waals surface area contributed by atoms with Crippen LogP contribution in [-0.4, -0.2) is 34.1 Å². The molecule has 0 saturated heterocycles. The smallest absolute Gasteiger partial charge is 0.231 e. The van der Waals surface area contributed by atoms with Gasteiger partial charge < -0.3 is 10.2 Å². The summed E-state index contributed by atoms with van der Waals surface area (Å²) in [4.78, 5) is 14.9. The average Bonchev–Trinajstić information content (AvgIpc) is 2.75. The zero-order chi connectivity index (χ0) is 13.8. The first-order chi connectivity index (χ1) is 9.12. The second kappa shape index (κ2) is 6.37. The lowest BCUT2D eigenvalue weighted by Crippen LogP contribution is -2.26. The Bertz CT molecular complexity index is 421. The molecule has 106 valence electrons. The topological polar surface area (TPSA) is 53.9 Å². The Balaban J connectivity index is 2.12. The summed E-state index contributed by atoms with van der Waals surface area (Å²) >= 11 is 5.99. The van der Waals surface area contributed by atoms with Crippen LogP contribution in [-0.2, 0) is 0 Å². The van der Waals surface area contributed by atoms with E-state index in [0.29, 0.717) is 17.9 Å². The second-order valence-corrected chi connectivity index (χ2v) is 5.50. The van der Waals surface area contributed by atoms with E-state index in [1.165, 1.54) is 19.3 Å². The Morgan fingerprint density at radius 3 is 2.53 bits per heavy atom. The second-order valence-electron chi connectivity index (χ2n) is 5.16. The number of rotatable bonds is 5. The van der Waals surface area contributed by atoms with Crippen LogP contribution in [0.3, 0.4) is 0 Å². The molecule has 0 aliphatic heterocycles. The Morgan fingerprint density at radius 1 is 1.21 bits per heavy atom. The van der Waals surface area contributed by atoms with Crippen LogP contribution in [0.2, 0.25) is 5.28 Å². The first-order valence-electron chi connectivity index (χ1n) is 7.05. The van der Waals surface area contributed by atoms with E-state index in [9.17, 15) is 0 Å². The van der Waals surface area contributed by atoms with E-state index >= 15 is 0 Å². The molecular formula is C13H22ClN5. The van der Waals surface area contributed by atoms with Gasteiger partial charge in [0, 0.05) is 19.1 Å². The summed E-state index contributed by atoms with van der Waals surface area (Å²) in [5, 5.41) is 3.64. The van der Waals surface area contributed by atoms with Gasteiger partial charge >= 0.3 is 0 Å². The van der Waals surface area contributed by atoms with Crippen LogP contribution in [0.4, 0.5) is 11.9 Å². The lowest BCUT2D eigenvalue weighted by atomic mass is 10.1. The van der Waals surface area contributed by atoms with Crippen LogP contribution in [0.1, 0.15) is 40.0 Å². The van der Waals surface area contributed by atoms with Crippen LogP contribution in [0.25, 0.3) is 0 Å². The first kappa shape index (κ1) is 14.3. The predicted molar refractivity (Wildman–Crippen MR) is 78.8 cm³/mol. The maximum Gasteiger partial charge on any atom is 0.231 e. The Labute approximate surface area is 119 Å². The van der Waals surface area contributed by atoms with Gasteiger partial charge in [-0.05, 0) is 50.6 Å². The molecule has 1 aromatic heterocycles. The van der Waals surface area contributed by atoms with Gasteiger partial charge in [0.05, 0.1) is 0 Å². The molecule has 1 aromatic rings. The van der Waals surface area contributed by atoms with Crippen molar-refractivity contribution in [1.82, 2.24) is 15.0 Å². The van der Waals surface area contributed by atoms with E-state index in [1.807, 2.05) is 0 Å². The van der Waals surface area contributed by atoms with Crippen molar-refractivity contribution in [3.8, 4) is 0 Å². The fraction of sp³-hybridized carbons (Fsp3) is 0.769. The van der Waals surface area contributed by atoms with Gasteiger partial charge in [0.2, 0.25) is 17.2 Å². The van der Waals surface area contributed by atoms with Gasteiger partial charge in [0.25, 0.3) is 0 Å². The van der Waals surface area contributed by atoms with E-state index in [4.69, 9.17) is 11.6 Å². The summed E-state index contributed by atoms with van der Waals surface area (Å²) < 4.78 is 0. The van der Waals surface area contributed by atoms with Crippen molar-refractivity contribution >= 4 is 23.5 Å². The molecule has 0 radical (unpaired) electrons. The Hall–Kier alpha value is -1.10. The van der Waals surface area contributed by atoms with Crippen molar-refractivity contribution < 1.29 is 0 Å². The summed E-state index contributed by atoms with van der Waals surface area (Å²) in [5.41, 5.74) is 0. The van der Waals surface area contributed by atoms with Crippen molar-refractivity contribution in [3.05, 3.63) is 5.28 Å². The van der Waals surface area contributed by atoms with Crippen molar-refractivity contribution in [2.75, 3.05) is 23.3 Å². The predicted octanol–water partition coefficient (Wildman–Crippen LogP) is 2.97. The molecule has 6 heteroatoms. The Morgan fingerprint density at radius 2 is 1.95 bits per heavy atom. The number of anilines is 2. The number of hydrogen-bond acceptors (Lipinski definition) is 5. The first-order valence-corrected chi connectivity index (χ1v) is 7.43. The number of nitrogens with one attached hydrogen (secondary N) is 1. The van der Waals surface area contributed by atoms with Gasteiger partial charge in [-0.3, -0.25) is 0 Å². The van der Waals surface area contributed by atoms with Crippen LogP contribution < -0.4 is 10.2 Å². The van der Waals surface area contributed by atoms with Crippen LogP contribution in [0.5, 0.6) is 0 Å². The standard InChI is InChI=1S/C13H22ClN5/c1-4-19(5-2)13-17-11(14)16-12(18-13)15-10-7-6-9(3)8-10/h9-10H,4-8H2,1-3H3,(H,15,16,17,18). The quantitative estimate of drug-likeness (QED) is 0.900. The van der Waals surface area contributed by atoms with Gasteiger partial charge in [0.15, 0.2) is 0 Å². The minimum absolute atomic E-state index is 0.255. The highest BCUT2D eigenvalue weighted by atomic mass is 35.5. The molecule has 1 saturated carbocycles. The SMILES string of the molecule is CCN(CC)c1nc(Cl)nc(NC2CCC(C)C2)n1. The Kier molecular flexibility index (Phi) is 4.80. The zero-order valence-corrected chi connectivity index (χ0v) is 12.6. The molecule has 0 spiro atoms. The number of hydrogen-bond donors (Lipinski definition) is 1. The van der Waals surface area contributed by atoms with Crippen LogP contribution in [0.15, 0.2) is 0 Å². The van der Waals surface area contributed by atoms with Crippen molar-refractivity contribution in [2.45, 2.75) is 46.1 Å². The van der Waals surface area contributed by atoms with E-state index < -0.39 is 0 Å². The third-order valence-electron chi connectivity index (χ3n) is 3.67. The lowest BCUT2D eigenvalue weighted by molar-refractivity contribution is 0.601. The normalized spacial score (nSPS) is 22.5. The molecule has 2 rings (SSSR count). The molecule has 5 nitrogen and oxygen atoms in total. The van der Waals surface area contributed by atoms with Crippen molar-refractivity contribution in [2.24, 2.45) is 5.92 Å². The highest BCUT2D eigenvalue weighted by Gasteiger charge is 2.22. The van der Waals surface area contributed by atoms with Gasteiger partial charge in [0.1, 0.15) is 0 Å². The van der Waals surface area contributed by atoms with Gasteiger partial charge in [-0.1, -0.05) is 6.92 Å². The minimum Gasteiger partial charge on any atom is -0.351 e. The summed E-state index contributed by atoms with van der Waals surface area (Å²) in [5.74, 6) is 2.02. The fourth-order valence-electron chi connectivity index (χ4n) is 2.57. The maximum atomic E-state index is 5.99. The summed E-state index contributed by atoms with van der Waals surface area (Å²) in [6, 6.07) is 0.456. The molecule has 19 heavy (non-hydrogen) atoms. The van der Waals surface area contributed by atoms with Crippen molar-refractivity contribution in [1.29, 1.82) is 0 Å². The molecule has 1 aliphatic carbocycles. The molecule has 1 heterocycles. The molecule has 0 aromatic carbocycles. The molecule has 1 N–H and O–H groups in total. The summed E-state index contributed by atoms with van der Waals surface area (Å²) in [7, 11) is 0. The number of halogens is 1. The van der Waals surface area contributed by atoms with E-state index in [1.54, 1.807) is 0 Å². The van der Waals surface area contributed by atoms with E-state index in [0.717, 1.165) is 19.0 Å². The highest BCUT2D eigenvalue weighted by molar-refractivity contribution is 6.28. The van der Waals surface area contributed by atoms with Crippen molar-refractivity contribution in [3.63, 3.8) is 0 Å². The lowest BCUT2D eigenvalue weighted by Gasteiger charge is -2.19. The van der Waals surface area contributed by atoms with E-state index in [-0.39, 0.29) is 5.28 Å². The van der Waals surface area contributed by atoms with Crippen LogP contribution in [0, 0.1) is 5.92 Å². The monoisotopic (exact) mass is 283 g/mol. The van der Waals surface area contributed by atoms with Gasteiger partial charge in [-0.25, -0.2) is 0 Å². The summed E-state index contributed by atoms with van der Waals surface area (Å²) in [6.07, 6.45) is 3.61. The van der Waals surface area contributed by atoms with Gasteiger partial charge in [-0.15, -0.1) is 0 Å². The molecule has 0 amide bonds. The number of aromatic nitrogens is 3. The fourth-order valence-corrected chi connectivity index (χ4v) is 2.73. The third kappa shape index (κ3) is 3.69. The third-order valence-corrected chi connectivity index (χ3v) is 3.84. The molecule has 2 atom stereocenters. The zero-order valence-electron chi connectivity index (χ0n) is 11.9. The highest BCUT2D eigenvalue weighted by Crippen LogP contribution is 2.27. The minimum atomic E-state index is 0.255. The van der Waals surface area contributed by atoms with Crippen LogP contribution >= 0.6 is 11.6 Å². The molecule has 2 unspecified atom stereocenters. The average molecular weight is 284 g/mol. The number of nitrogens with zero attached hydrogens (tertiary/aromatic N) is 4. The van der Waals surface area contributed by atoms with E-state index in [2.05, 4.69) is 45.9 Å². The molecule has 1 aliphatic rings. The largest absolute Gasteiger partial charge is 0.351 e. The molecular weight excluding hydrogens is 262 g/mol. The molecule has 1 fully saturated rings. The molecule has 0 bridgehead atoms.